The Kier molecular flexibility index (Phi) is 5.53. The molecule has 5 nitrogen and oxygen atoms in total. The van der Waals surface area contributed by atoms with E-state index in [1.165, 1.54) is 12.8 Å². The molecule has 1 fully saturated rings. The van der Waals surface area contributed by atoms with E-state index in [9.17, 15) is 4.79 Å². The minimum Gasteiger partial charge on any atom is -0.466 e. The second-order valence-corrected chi connectivity index (χ2v) is 4.82. The fourth-order valence-electron chi connectivity index (χ4n) is 2.11. The van der Waals surface area contributed by atoms with Gasteiger partial charge in [-0.25, -0.2) is 0 Å². The number of carbonyl (C=O) groups is 1. The second-order valence-electron chi connectivity index (χ2n) is 4.82. The maximum Gasteiger partial charge on any atom is 0.306 e. The Morgan fingerprint density at radius 2 is 1.95 bits per heavy atom. The van der Waals surface area contributed by atoms with Crippen LogP contribution in [0.4, 0.5) is 5.69 Å². The van der Waals surface area contributed by atoms with Gasteiger partial charge in [0.25, 0.3) is 0 Å². The predicted octanol–water partition coefficient (Wildman–Crippen LogP) is 3.28. The van der Waals surface area contributed by atoms with Crippen LogP contribution in [0.3, 0.4) is 0 Å². The summed E-state index contributed by atoms with van der Waals surface area (Å²) in [4.78, 5) is 11.3. The van der Waals surface area contributed by atoms with Crippen molar-refractivity contribution in [2.24, 2.45) is 10.3 Å². The molecule has 0 saturated carbocycles. The van der Waals surface area contributed by atoms with E-state index >= 15 is 0 Å². The number of nitrogens with zero attached hydrogens (tertiary/aromatic N) is 3. The fourth-order valence-corrected chi connectivity index (χ4v) is 2.11. The molecule has 1 aliphatic rings. The van der Waals surface area contributed by atoms with Crippen LogP contribution in [0.15, 0.2) is 34.6 Å². The summed E-state index contributed by atoms with van der Waals surface area (Å²) in [6.45, 7) is 4.26. The highest BCUT2D eigenvalue weighted by molar-refractivity contribution is 5.69. The third-order valence-corrected chi connectivity index (χ3v) is 3.23. The third-order valence-electron chi connectivity index (χ3n) is 3.23. The minimum atomic E-state index is -0.148. The average Bonchev–Trinajstić information content (AvgIpc) is 2.98. The summed E-state index contributed by atoms with van der Waals surface area (Å²) >= 11 is 0. The first-order valence-electron chi connectivity index (χ1n) is 7.19. The number of aryl methyl sites for hydroxylation is 1. The first-order chi connectivity index (χ1) is 9.78. The van der Waals surface area contributed by atoms with Crippen molar-refractivity contribution in [3.05, 3.63) is 29.8 Å². The predicted molar refractivity (Wildman–Crippen MR) is 76.7 cm³/mol. The maximum absolute atomic E-state index is 11.3. The van der Waals surface area contributed by atoms with Crippen LogP contribution in [0.25, 0.3) is 0 Å². The van der Waals surface area contributed by atoms with Crippen LogP contribution in [0.5, 0.6) is 0 Å². The van der Waals surface area contributed by atoms with Gasteiger partial charge >= 0.3 is 5.97 Å². The number of benzene rings is 1. The summed E-state index contributed by atoms with van der Waals surface area (Å²) in [6, 6.07) is 7.83. The Labute approximate surface area is 119 Å². The van der Waals surface area contributed by atoms with Crippen LogP contribution < -0.4 is 0 Å². The number of carbonyl (C=O) groups excluding carboxylic acids is 1. The molecule has 0 N–H and O–H groups in total. The Balaban J connectivity index is 1.81. The van der Waals surface area contributed by atoms with E-state index in [1.807, 2.05) is 36.2 Å². The standard InChI is InChI=1S/C15H21N3O2/c1-2-20-15(19)10-7-13-5-8-14(9-6-13)16-17-18-11-3-4-12-18/h5-6,8-9H,2-4,7,10-12H2,1H3. The number of ether oxygens (including phenoxy) is 1. The van der Waals surface area contributed by atoms with Crippen LogP contribution in [0.2, 0.25) is 0 Å². The van der Waals surface area contributed by atoms with E-state index in [1.54, 1.807) is 0 Å². The van der Waals surface area contributed by atoms with E-state index in [-0.39, 0.29) is 5.97 Å². The Morgan fingerprint density at radius 1 is 1.25 bits per heavy atom. The zero-order valence-electron chi connectivity index (χ0n) is 11.9. The largest absolute Gasteiger partial charge is 0.466 e. The van der Waals surface area contributed by atoms with E-state index in [0.717, 1.165) is 24.3 Å². The van der Waals surface area contributed by atoms with Crippen LogP contribution in [-0.4, -0.2) is 30.7 Å². The van der Waals surface area contributed by atoms with Gasteiger partial charge in [0.15, 0.2) is 0 Å². The van der Waals surface area contributed by atoms with Gasteiger partial charge in [-0.3, -0.25) is 9.80 Å². The maximum atomic E-state index is 11.3. The van der Waals surface area contributed by atoms with Crippen molar-refractivity contribution >= 4 is 11.7 Å². The van der Waals surface area contributed by atoms with Crippen LogP contribution >= 0.6 is 0 Å². The van der Waals surface area contributed by atoms with Gasteiger partial charge in [-0.05, 0) is 43.9 Å². The molecule has 108 valence electrons. The Morgan fingerprint density at radius 3 is 2.60 bits per heavy atom. The molecule has 1 aliphatic heterocycles. The van der Waals surface area contributed by atoms with Crippen molar-refractivity contribution in [2.75, 3.05) is 19.7 Å². The first-order valence-corrected chi connectivity index (χ1v) is 7.19. The van der Waals surface area contributed by atoms with Crippen molar-refractivity contribution in [3.8, 4) is 0 Å². The monoisotopic (exact) mass is 275 g/mol. The molecular weight excluding hydrogens is 254 g/mol. The summed E-state index contributed by atoms with van der Waals surface area (Å²) in [5.74, 6) is -0.148. The number of hydrogen-bond acceptors (Lipinski definition) is 4. The van der Waals surface area contributed by atoms with Crippen molar-refractivity contribution in [1.82, 2.24) is 5.01 Å². The SMILES string of the molecule is CCOC(=O)CCc1ccc(N=NN2CCCC2)cc1. The Bertz CT molecular complexity index is 451. The van der Waals surface area contributed by atoms with Crippen LogP contribution in [-0.2, 0) is 16.0 Å². The molecule has 2 rings (SSSR count). The lowest BCUT2D eigenvalue weighted by Gasteiger charge is -2.07. The molecule has 1 aromatic carbocycles. The van der Waals surface area contributed by atoms with Gasteiger partial charge in [0.1, 0.15) is 0 Å². The van der Waals surface area contributed by atoms with Gasteiger partial charge in [0, 0.05) is 19.5 Å². The number of rotatable bonds is 6. The molecular formula is C15H21N3O2. The van der Waals surface area contributed by atoms with Gasteiger partial charge in [0.2, 0.25) is 0 Å². The number of hydrogen-bond donors (Lipinski definition) is 0. The second kappa shape index (κ2) is 7.62. The topological polar surface area (TPSA) is 54.3 Å². The molecule has 0 unspecified atom stereocenters. The zero-order chi connectivity index (χ0) is 14.2. The van der Waals surface area contributed by atoms with Crippen molar-refractivity contribution in [3.63, 3.8) is 0 Å². The smallest absolute Gasteiger partial charge is 0.306 e. The molecule has 0 bridgehead atoms. The lowest BCUT2D eigenvalue weighted by molar-refractivity contribution is -0.143. The molecule has 1 saturated heterocycles. The van der Waals surface area contributed by atoms with E-state index < -0.39 is 0 Å². The highest BCUT2D eigenvalue weighted by atomic mass is 16.5. The molecule has 0 radical (unpaired) electrons. The van der Waals surface area contributed by atoms with Gasteiger partial charge < -0.3 is 4.74 Å². The Hall–Kier alpha value is -1.91. The van der Waals surface area contributed by atoms with Crippen molar-refractivity contribution in [2.45, 2.75) is 32.6 Å². The highest BCUT2D eigenvalue weighted by Crippen LogP contribution is 2.16. The quantitative estimate of drug-likeness (QED) is 0.591. The molecule has 0 atom stereocenters. The summed E-state index contributed by atoms with van der Waals surface area (Å²) in [6.07, 6.45) is 3.52. The molecule has 1 aromatic rings. The van der Waals surface area contributed by atoms with Gasteiger partial charge in [0.05, 0.1) is 12.3 Å². The molecule has 1 heterocycles. The van der Waals surface area contributed by atoms with Gasteiger partial charge in [-0.1, -0.05) is 17.4 Å². The normalized spacial score (nSPS) is 14.9. The summed E-state index contributed by atoms with van der Waals surface area (Å²) < 4.78 is 4.90. The van der Waals surface area contributed by atoms with Gasteiger partial charge in [-0.2, -0.15) is 0 Å². The van der Waals surface area contributed by atoms with Crippen LogP contribution in [0, 0.1) is 0 Å². The fraction of sp³-hybridized carbons (Fsp3) is 0.533. The zero-order valence-corrected chi connectivity index (χ0v) is 11.9. The molecule has 0 aromatic heterocycles. The summed E-state index contributed by atoms with van der Waals surface area (Å²) in [5.41, 5.74) is 1.95. The molecule has 0 spiro atoms. The lowest BCUT2D eigenvalue weighted by Crippen LogP contribution is -2.09. The molecule has 0 amide bonds. The van der Waals surface area contributed by atoms with Crippen molar-refractivity contribution in [1.29, 1.82) is 0 Å². The van der Waals surface area contributed by atoms with Crippen molar-refractivity contribution < 1.29 is 9.53 Å². The molecule has 20 heavy (non-hydrogen) atoms. The minimum absolute atomic E-state index is 0.148. The summed E-state index contributed by atoms with van der Waals surface area (Å²) in [7, 11) is 0. The number of esters is 1. The van der Waals surface area contributed by atoms with E-state index in [4.69, 9.17) is 4.74 Å². The van der Waals surface area contributed by atoms with Crippen LogP contribution in [0.1, 0.15) is 31.7 Å². The third kappa shape index (κ3) is 4.64. The molecule has 5 heteroatoms. The lowest BCUT2D eigenvalue weighted by atomic mass is 10.1. The first kappa shape index (κ1) is 14.5. The van der Waals surface area contributed by atoms with E-state index in [0.29, 0.717) is 19.4 Å². The van der Waals surface area contributed by atoms with E-state index in [2.05, 4.69) is 10.3 Å². The van der Waals surface area contributed by atoms with Gasteiger partial charge in [-0.15, -0.1) is 5.11 Å². The molecule has 0 aliphatic carbocycles. The average molecular weight is 275 g/mol. The summed E-state index contributed by atoms with van der Waals surface area (Å²) in [5, 5.41) is 10.4. The highest BCUT2D eigenvalue weighted by Gasteiger charge is 2.08.